The van der Waals surface area contributed by atoms with Crippen LogP contribution in [-0.2, 0) is 0 Å². The number of para-hydroxylation sites is 1. The fourth-order valence-corrected chi connectivity index (χ4v) is 5.19. The van der Waals surface area contributed by atoms with E-state index in [0.29, 0.717) is 6.04 Å². The molecule has 1 aliphatic heterocycles. The van der Waals surface area contributed by atoms with E-state index in [-0.39, 0.29) is 24.0 Å². The molecule has 0 N–H and O–H groups in total. The first-order chi connectivity index (χ1) is 11.8. The van der Waals surface area contributed by atoms with Crippen molar-refractivity contribution in [3.63, 3.8) is 0 Å². The molecule has 4 nitrogen and oxygen atoms in total. The molecule has 7 heteroatoms. The van der Waals surface area contributed by atoms with E-state index < -0.39 is 0 Å². The van der Waals surface area contributed by atoms with Gasteiger partial charge in [-0.05, 0) is 48.2 Å². The topological polar surface area (TPSA) is 30.9 Å². The molecule has 0 fully saturated rings. The summed E-state index contributed by atoms with van der Waals surface area (Å²) in [7, 11) is 1.69. The summed E-state index contributed by atoms with van der Waals surface area (Å²) >= 11 is 4.33. The lowest BCUT2D eigenvalue weighted by Crippen LogP contribution is -3.00. The first-order valence-electron chi connectivity index (χ1n) is 7.75. The summed E-state index contributed by atoms with van der Waals surface area (Å²) < 4.78 is 10.8. The molecule has 0 radical (unpaired) electrons. The first kappa shape index (κ1) is 19.0. The average molecular weight is 577 g/mol. The lowest BCUT2D eigenvalue weighted by atomic mass is 10.2. The molecule has 0 spiro atoms. The molecule has 0 saturated heterocycles. The van der Waals surface area contributed by atoms with Gasteiger partial charge in [0.15, 0.2) is 0 Å². The van der Waals surface area contributed by atoms with Crippen molar-refractivity contribution in [1.82, 2.24) is 9.78 Å². The van der Waals surface area contributed by atoms with Crippen LogP contribution in [0.5, 0.6) is 5.75 Å². The minimum atomic E-state index is 0. The van der Waals surface area contributed by atoms with Crippen molar-refractivity contribution in [3.05, 3.63) is 54.6 Å². The van der Waals surface area contributed by atoms with E-state index in [0.717, 1.165) is 33.0 Å². The zero-order valence-corrected chi connectivity index (χ0v) is 18.7. The molecule has 0 bridgehead atoms. The fourth-order valence-electron chi connectivity index (χ4n) is 2.84. The predicted octanol–water partition coefficient (Wildman–Crippen LogP) is 0.921. The maximum Gasteiger partial charge on any atom is 0.314 e. The highest BCUT2D eigenvalue weighted by Gasteiger charge is 2.38. The summed E-state index contributed by atoms with van der Waals surface area (Å²) in [6.45, 7) is 0. The molecule has 25 heavy (non-hydrogen) atoms. The van der Waals surface area contributed by atoms with Crippen LogP contribution in [0.15, 0.2) is 59.8 Å². The standard InChI is InChI=1S/C18H17IN3OS.HI/c1-23-16-9-7-13(8-10-16)17-20-22-15(11-19)12-24-18(22)21(17)14-5-3-2-4-6-14;/h2-10,15H,11-12H2,1H3;1H/q+1;/p-1. The van der Waals surface area contributed by atoms with E-state index in [1.54, 1.807) is 7.11 Å². The van der Waals surface area contributed by atoms with Crippen molar-refractivity contribution in [3.8, 4) is 22.8 Å². The molecule has 3 aromatic rings. The highest BCUT2D eigenvalue weighted by molar-refractivity contribution is 14.1. The van der Waals surface area contributed by atoms with Gasteiger partial charge in [0.25, 0.3) is 0 Å². The fraction of sp³-hybridized carbons (Fsp3) is 0.222. The van der Waals surface area contributed by atoms with Gasteiger partial charge in [-0.1, -0.05) is 45.5 Å². The molecule has 1 aromatic heterocycles. The van der Waals surface area contributed by atoms with E-state index >= 15 is 0 Å². The number of hydrogen-bond donors (Lipinski definition) is 0. The zero-order valence-electron chi connectivity index (χ0n) is 13.6. The molecule has 1 atom stereocenters. The molecule has 1 aliphatic rings. The summed E-state index contributed by atoms with van der Waals surface area (Å²) in [6, 6.07) is 19.0. The number of fused-ring (bicyclic) bond motifs is 1. The van der Waals surface area contributed by atoms with Crippen LogP contribution in [0.25, 0.3) is 17.1 Å². The zero-order chi connectivity index (χ0) is 16.5. The Morgan fingerprint density at radius 2 is 1.92 bits per heavy atom. The van der Waals surface area contributed by atoms with Crippen molar-refractivity contribution in [2.24, 2.45) is 0 Å². The van der Waals surface area contributed by atoms with E-state index in [1.165, 1.54) is 5.16 Å². The largest absolute Gasteiger partial charge is 1.00 e. The van der Waals surface area contributed by atoms with Crippen molar-refractivity contribution in [2.75, 3.05) is 17.3 Å². The van der Waals surface area contributed by atoms with E-state index in [9.17, 15) is 0 Å². The Kier molecular flexibility index (Phi) is 6.26. The normalized spacial score (nSPS) is 15.5. The van der Waals surface area contributed by atoms with Gasteiger partial charge < -0.3 is 28.7 Å². The maximum absolute atomic E-state index is 5.28. The van der Waals surface area contributed by atoms with Crippen LogP contribution in [0.3, 0.4) is 0 Å². The smallest absolute Gasteiger partial charge is 0.314 e. The van der Waals surface area contributed by atoms with Gasteiger partial charge in [0, 0.05) is 15.3 Å². The van der Waals surface area contributed by atoms with Crippen LogP contribution >= 0.6 is 34.4 Å². The molecular formula is C18H17I2N3OS. The Labute approximate surface area is 182 Å². The third kappa shape index (κ3) is 3.55. The van der Waals surface area contributed by atoms with E-state index in [1.807, 2.05) is 30.0 Å². The number of nitrogens with zero attached hydrogens (tertiary/aromatic N) is 3. The molecule has 0 saturated carbocycles. The van der Waals surface area contributed by atoms with Crippen LogP contribution in [0.2, 0.25) is 0 Å². The Morgan fingerprint density at radius 1 is 1.20 bits per heavy atom. The van der Waals surface area contributed by atoms with Crippen LogP contribution in [-0.4, -0.2) is 27.1 Å². The van der Waals surface area contributed by atoms with Crippen molar-refractivity contribution < 1.29 is 33.3 Å². The molecule has 130 valence electrons. The summed E-state index contributed by atoms with van der Waals surface area (Å²) in [5.74, 6) is 2.92. The van der Waals surface area contributed by atoms with E-state index in [4.69, 9.17) is 9.84 Å². The highest BCUT2D eigenvalue weighted by atomic mass is 127. The van der Waals surface area contributed by atoms with Crippen LogP contribution in [0.1, 0.15) is 6.04 Å². The number of hydrogen-bond acceptors (Lipinski definition) is 3. The van der Waals surface area contributed by atoms with Crippen LogP contribution < -0.4 is 33.3 Å². The van der Waals surface area contributed by atoms with Gasteiger partial charge >= 0.3 is 11.0 Å². The maximum atomic E-state index is 5.28. The summed E-state index contributed by atoms with van der Waals surface area (Å²) in [4.78, 5) is 0. The highest BCUT2D eigenvalue weighted by Crippen LogP contribution is 2.34. The monoisotopic (exact) mass is 577 g/mol. The second-order valence-electron chi connectivity index (χ2n) is 5.57. The quantitative estimate of drug-likeness (QED) is 0.263. The number of aromatic nitrogens is 3. The van der Waals surface area contributed by atoms with Gasteiger partial charge in [0.1, 0.15) is 17.5 Å². The SMILES string of the molecule is COc1ccc(-c2nn3c([n+]2-c2ccccc2)SCC3CI)cc1.[I-]. The molecule has 0 amide bonds. The third-order valence-electron chi connectivity index (χ3n) is 4.09. The van der Waals surface area contributed by atoms with Gasteiger partial charge in [-0.2, -0.15) is 4.57 Å². The Bertz CT molecular complexity index is 853. The van der Waals surface area contributed by atoms with Crippen molar-refractivity contribution in [2.45, 2.75) is 11.2 Å². The van der Waals surface area contributed by atoms with Crippen molar-refractivity contribution >= 4 is 34.4 Å². The number of halogens is 2. The summed E-state index contributed by atoms with van der Waals surface area (Å²) in [5.41, 5.74) is 2.24. The Morgan fingerprint density at radius 3 is 2.56 bits per heavy atom. The lowest BCUT2D eigenvalue weighted by molar-refractivity contribution is -0.626. The van der Waals surface area contributed by atoms with Gasteiger partial charge in [0.05, 0.1) is 12.7 Å². The van der Waals surface area contributed by atoms with Crippen LogP contribution in [0.4, 0.5) is 0 Å². The second-order valence-corrected chi connectivity index (χ2v) is 7.44. The van der Waals surface area contributed by atoms with Gasteiger partial charge in [-0.25, -0.2) is 0 Å². The Balaban J connectivity index is 0.00000182. The molecule has 2 heterocycles. The predicted molar refractivity (Wildman–Crippen MR) is 104 cm³/mol. The molecule has 4 rings (SSSR count). The van der Waals surface area contributed by atoms with Crippen LogP contribution in [0, 0.1) is 0 Å². The number of benzene rings is 2. The number of alkyl halides is 1. The van der Waals surface area contributed by atoms with Gasteiger partial charge in [0.2, 0.25) is 0 Å². The third-order valence-corrected chi connectivity index (χ3v) is 6.29. The number of ether oxygens (including phenoxy) is 1. The number of rotatable bonds is 4. The second kappa shape index (κ2) is 8.26. The molecule has 0 aliphatic carbocycles. The minimum Gasteiger partial charge on any atom is -1.00 e. The average Bonchev–Trinajstić information content (AvgIpc) is 3.21. The minimum absolute atomic E-state index is 0. The molecule has 2 aromatic carbocycles. The van der Waals surface area contributed by atoms with Gasteiger partial charge in [-0.3, -0.25) is 0 Å². The van der Waals surface area contributed by atoms with Gasteiger partial charge in [-0.15, -0.1) is 0 Å². The lowest BCUT2D eigenvalue weighted by Gasteiger charge is -2.03. The first-order valence-corrected chi connectivity index (χ1v) is 10.3. The van der Waals surface area contributed by atoms with Crippen molar-refractivity contribution in [1.29, 1.82) is 0 Å². The summed E-state index contributed by atoms with van der Waals surface area (Å²) in [5, 5.41) is 6.16. The number of thioether (sulfide) groups is 1. The number of methoxy groups -OCH3 is 1. The summed E-state index contributed by atoms with van der Waals surface area (Å²) in [6.07, 6.45) is 0. The molecule has 1 unspecified atom stereocenters. The Hall–Kier alpha value is -0.810. The molecular weight excluding hydrogens is 560 g/mol. The van der Waals surface area contributed by atoms with E-state index in [2.05, 4.69) is 68.2 Å².